The number of amides is 1. The second-order valence-electron chi connectivity index (χ2n) is 5.46. The fourth-order valence-corrected chi connectivity index (χ4v) is 2.29. The van der Waals surface area contributed by atoms with Gasteiger partial charge < -0.3 is 15.4 Å². The standard InChI is InChI=1S/C16H22N2O2S/c1-2-9-18(10-12-3-4-12)15(19)11-20-14-7-5-13(6-8-14)16(17)21/h5-8,12H,2-4,9-11H2,1H3,(H2,17,21). The summed E-state index contributed by atoms with van der Waals surface area (Å²) in [5, 5.41) is 0. The van der Waals surface area contributed by atoms with E-state index in [1.54, 1.807) is 24.3 Å². The van der Waals surface area contributed by atoms with Crippen molar-refractivity contribution in [2.24, 2.45) is 11.7 Å². The monoisotopic (exact) mass is 306 g/mol. The molecule has 1 amide bonds. The van der Waals surface area contributed by atoms with Gasteiger partial charge in [-0.3, -0.25) is 4.79 Å². The van der Waals surface area contributed by atoms with Crippen LogP contribution in [0.25, 0.3) is 0 Å². The van der Waals surface area contributed by atoms with Crippen LogP contribution in [-0.4, -0.2) is 35.5 Å². The number of nitrogens with zero attached hydrogens (tertiary/aromatic N) is 1. The minimum absolute atomic E-state index is 0.0576. The third-order valence-electron chi connectivity index (χ3n) is 3.52. The van der Waals surface area contributed by atoms with Crippen LogP contribution in [0.1, 0.15) is 31.7 Å². The third-order valence-corrected chi connectivity index (χ3v) is 3.76. The SMILES string of the molecule is CCCN(CC1CC1)C(=O)COc1ccc(C(N)=S)cc1. The van der Waals surface area contributed by atoms with Gasteiger partial charge in [-0.15, -0.1) is 0 Å². The maximum Gasteiger partial charge on any atom is 0.260 e. The molecule has 0 spiro atoms. The molecule has 4 nitrogen and oxygen atoms in total. The predicted molar refractivity (Wildman–Crippen MR) is 87.4 cm³/mol. The maximum atomic E-state index is 12.2. The van der Waals surface area contributed by atoms with Gasteiger partial charge in [0.15, 0.2) is 6.61 Å². The summed E-state index contributed by atoms with van der Waals surface area (Å²) in [5.74, 6) is 1.42. The summed E-state index contributed by atoms with van der Waals surface area (Å²) in [6.45, 7) is 3.84. The number of hydrogen-bond donors (Lipinski definition) is 1. The number of rotatable bonds is 8. The number of carbonyl (C=O) groups is 1. The molecule has 2 rings (SSSR count). The zero-order valence-corrected chi connectivity index (χ0v) is 13.2. The Morgan fingerprint density at radius 3 is 2.57 bits per heavy atom. The Balaban J connectivity index is 1.84. The number of thiocarbonyl (C=S) groups is 1. The first-order valence-electron chi connectivity index (χ1n) is 7.40. The predicted octanol–water partition coefficient (Wildman–Crippen LogP) is 2.35. The van der Waals surface area contributed by atoms with Gasteiger partial charge in [0.25, 0.3) is 5.91 Å². The van der Waals surface area contributed by atoms with Crippen LogP contribution >= 0.6 is 12.2 Å². The van der Waals surface area contributed by atoms with Crippen molar-refractivity contribution >= 4 is 23.1 Å². The molecule has 5 heteroatoms. The lowest BCUT2D eigenvalue weighted by atomic mass is 10.2. The lowest BCUT2D eigenvalue weighted by molar-refractivity contribution is -0.133. The average molecular weight is 306 g/mol. The fourth-order valence-electron chi connectivity index (χ4n) is 2.15. The Labute approximate surface area is 131 Å². The third kappa shape index (κ3) is 5.01. The van der Waals surface area contributed by atoms with Crippen LogP contribution in [0, 0.1) is 5.92 Å². The average Bonchev–Trinajstić information content (AvgIpc) is 3.28. The molecule has 114 valence electrons. The van der Waals surface area contributed by atoms with E-state index in [0.29, 0.717) is 16.7 Å². The Morgan fingerprint density at radius 2 is 2.05 bits per heavy atom. The summed E-state index contributed by atoms with van der Waals surface area (Å²) in [4.78, 5) is 14.5. The fraction of sp³-hybridized carbons (Fsp3) is 0.500. The Kier molecular flexibility index (Phi) is 5.56. The maximum absolute atomic E-state index is 12.2. The zero-order chi connectivity index (χ0) is 15.2. The van der Waals surface area contributed by atoms with Gasteiger partial charge in [-0.2, -0.15) is 0 Å². The van der Waals surface area contributed by atoms with Crippen molar-refractivity contribution in [3.8, 4) is 5.75 Å². The molecule has 1 aliphatic rings. The molecule has 2 N–H and O–H groups in total. The van der Waals surface area contributed by atoms with Gasteiger partial charge in [0.05, 0.1) is 0 Å². The topological polar surface area (TPSA) is 55.6 Å². The van der Waals surface area contributed by atoms with Gasteiger partial charge in [0.2, 0.25) is 0 Å². The Morgan fingerprint density at radius 1 is 1.38 bits per heavy atom. The largest absolute Gasteiger partial charge is 0.484 e. The normalized spacial score (nSPS) is 13.8. The van der Waals surface area contributed by atoms with E-state index in [-0.39, 0.29) is 12.5 Å². The van der Waals surface area contributed by atoms with E-state index < -0.39 is 0 Å². The molecule has 0 heterocycles. The molecule has 21 heavy (non-hydrogen) atoms. The minimum Gasteiger partial charge on any atom is -0.484 e. The summed E-state index contributed by atoms with van der Waals surface area (Å²) in [5.41, 5.74) is 6.34. The van der Waals surface area contributed by atoms with Crippen molar-refractivity contribution in [3.05, 3.63) is 29.8 Å². The summed E-state index contributed by atoms with van der Waals surface area (Å²) in [6, 6.07) is 7.17. The van der Waals surface area contributed by atoms with Crippen LogP contribution in [0.4, 0.5) is 0 Å². The Hall–Kier alpha value is -1.62. The summed E-state index contributed by atoms with van der Waals surface area (Å²) >= 11 is 4.90. The lowest BCUT2D eigenvalue weighted by Crippen LogP contribution is -2.37. The molecule has 1 fully saturated rings. The first-order valence-corrected chi connectivity index (χ1v) is 7.81. The van der Waals surface area contributed by atoms with Gasteiger partial charge in [-0.25, -0.2) is 0 Å². The van der Waals surface area contributed by atoms with Crippen molar-refractivity contribution in [3.63, 3.8) is 0 Å². The molecule has 0 atom stereocenters. The molecule has 1 aliphatic carbocycles. The van der Waals surface area contributed by atoms with E-state index in [1.807, 2.05) is 4.90 Å². The summed E-state index contributed by atoms with van der Waals surface area (Å²) in [6.07, 6.45) is 3.46. The molecule has 0 aromatic heterocycles. The van der Waals surface area contributed by atoms with Crippen LogP contribution in [0.3, 0.4) is 0 Å². The number of nitrogens with two attached hydrogens (primary N) is 1. The first-order chi connectivity index (χ1) is 10.1. The van der Waals surface area contributed by atoms with Gasteiger partial charge >= 0.3 is 0 Å². The van der Waals surface area contributed by atoms with Gasteiger partial charge in [0, 0.05) is 18.7 Å². The molecular weight excluding hydrogens is 284 g/mol. The molecule has 1 aromatic carbocycles. The zero-order valence-electron chi connectivity index (χ0n) is 12.4. The second-order valence-corrected chi connectivity index (χ2v) is 5.90. The highest BCUT2D eigenvalue weighted by atomic mass is 32.1. The number of carbonyl (C=O) groups excluding carboxylic acids is 1. The van der Waals surface area contributed by atoms with Crippen molar-refractivity contribution in [1.29, 1.82) is 0 Å². The van der Waals surface area contributed by atoms with E-state index in [0.717, 1.165) is 25.1 Å². The van der Waals surface area contributed by atoms with Crippen molar-refractivity contribution in [1.82, 2.24) is 4.90 Å². The molecule has 0 bridgehead atoms. The summed E-state index contributed by atoms with van der Waals surface area (Å²) in [7, 11) is 0. The van der Waals surface area contributed by atoms with Gasteiger partial charge in [-0.05, 0) is 49.4 Å². The van der Waals surface area contributed by atoms with E-state index >= 15 is 0 Å². The molecular formula is C16H22N2O2S. The van der Waals surface area contributed by atoms with E-state index in [9.17, 15) is 4.79 Å². The van der Waals surface area contributed by atoms with Crippen molar-refractivity contribution in [2.45, 2.75) is 26.2 Å². The van der Waals surface area contributed by atoms with Crippen LogP contribution in [0.2, 0.25) is 0 Å². The highest BCUT2D eigenvalue weighted by molar-refractivity contribution is 7.80. The number of benzene rings is 1. The van der Waals surface area contributed by atoms with Crippen LogP contribution in [0.5, 0.6) is 5.75 Å². The molecule has 0 radical (unpaired) electrons. The van der Waals surface area contributed by atoms with Crippen molar-refractivity contribution in [2.75, 3.05) is 19.7 Å². The lowest BCUT2D eigenvalue weighted by Gasteiger charge is -2.22. The molecule has 0 aliphatic heterocycles. The second kappa shape index (κ2) is 7.41. The van der Waals surface area contributed by atoms with E-state index in [1.165, 1.54) is 12.8 Å². The molecule has 0 unspecified atom stereocenters. The minimum atomic E-state index is 0.0576. The summed E-state index contributed by atoms with van der Waals surface area (Å²) < 4.78 is 5.56. The van der Waals surface area contributed by atoms with Crippen LogP contribution in [-0.2, 0) is 4.79 Å². The highest BCUT2D eigenvalue weighted by Gasteiger charge is 2.26. The molecule has 0 saturated heterocycles. The quantitative estimate of drug-likeness (QED) is 0.749. The van der Waals surface area contributed by atoms with Crippen LogP contribution in [0.15, 0.2) is 24.3 Å². The van der Waals surface area contributed by atoms with Crippen molar-refractivity contribution < 1.29 is 9.53 Å². The molecule has 1 saturated carbocycles. The first kappa shape index (κ1) is 15.8. The van der Waals surface area contributed by atoms with E-state index in [2.05, 4.69) is 6.92 Å². The van der Waals surface area contributed by atoms with E-state index in [4.69, 9.17) is 22.7 Å². The highest BCUT2D eigenvalue weighted by Crippen LogP contribution is 2.29. The number of ether oxygens (including phenoxy) is 1. The van der Waals surface area contributed by atoms with Gasteiger partial charge in [-0.1, -0.05) is 19.1 Å². The smallest absolute Gasteiger partial charge is 0.260 e. The Bertz CT molecular complexity index is 498. The van der Waals surface area contributed by atoms with Gasteiger partial charge in [0.1, 0.15) is 10.7 Å². The molecule has 1 aromatic rings. The van der Waals surface area contributed by atoms with Crippen LogP contribution < -0.4 is 10.5 Å². The number of hydrogen-bond acceptors (Lipinski definition) is 3.